The monoisotopic (exact) mass is 442 g/mol. The van der Waals surface area contributed by atoms with Gasteiger partial charge in [0.15, 0.2) is 0 Å². The van der Waals surface area contributed by atoms with Crippen molar-refractivity contribution in [2.75, 3.05) is 5.32 Å². The van der Waals surface area contributed by atoms with Gasteiger partial charge in [-0.3, -0.25) is 9.59 Å². The lowest BCUT2D eigenvalue weighted by molar-refractivity contribution is -0.113. The lowest BCUT2D eigenvalue weighted by Crippen LogP contribution is -2.30. The number of hydrogen-bond donors (Lipinski definition) is 2. The third-order valence-electron chi connectivity index (χ3n) is 4.76. The zero-order valence-corrected chi connectivity index (χ0v) is 17.9. The molecule has 4 rings (SSSR count). The van der Waals surface area contributed by atoms with Crippen LogP contribution in [0.25, 0.3) is 6.08 Å². The van der Waals surface area contributed by atoms with Crippen molar-refractivity contribution in [3.63, 3.8) is 0 Å². The number of benzene rings is 2. The molecule has 0 aliphatic heterocycles. The van der Waals surface area contributed by atoms with E-state index in [0.29, 0.717) is 29.4 Å². The molecular weight excluding hydrogens is 420 g/mol. The van der Waals surface area contributed by atoms with Crippen molar-refractivity contribution in [1.29, 1.82) is 0 Å². The van der Waals surface area contributed by atoms with E-state index < -0.39 is 11.8 Å². The molecule has 0 saturated carbocycles. The average molecular weight is 442 g/mol. The minimum absolute atomic E-state index is 0.0499. The minimum Gasteiger partial charge on any atom is -0.486 e. The van der Waals surface area contributed by atoms with Crippen LogP contribution in [0.2, 0.25) is 0 Å². The summed E-state index contributed by atoms with van der Waals surface area (Å²) in [6.07, 6.45) is 6.52. The number of carbonyl (C=O) groups excluding carboxylic acids is 2. The van der Waals surface area contributed by atoms with E-state index in [9.17, 15) is 9.59 Å². The van der Waals surface area contributed by atoms with Crippen LogP contribution in [-0.4, -0.2) is 21.4 Å². The Labute approximate surface area is 190 Å². The van der Waals surface area contributed by atoms with Crippen LogP contribution in [0.4, 0.5) is 5.69 Å². The fourth-order valence-corrected chi connectivity index (χ4v) is 2.97. The molecule has 0 radical (unpaired) electrons. The van der Waals surface area contributed by atoms with E-state index in [4.69, 9.17) is 9.15 Å². The number of aromatic nitrogens is 2. The van der Waals surface area contributed by atoms with E-state index >= 15 is 0 Å². The lowest BCUT2D eigenvalue weighted by Gasteiger charge is -2.12. The number of hydrogen-bond acceptors (Lipinski definition) is 5. The third-order valence-corrected chi connectivity index (χ3v) is 4.76. The summed E-state index contributed by atoms with van der Waals surface area (Å²) in [6.45, 7) is 0.330. The van der Waals surface area contributed by atoms with Gasteiger partial charge >= 0.3 is 0 Å². The van der Waals surface area contributed by atoms with Crippen LogP contribution in [0.5, 0.6) is 5.75 Å². The second-order valence-corrected chi connectivity index (χ2v) is 7.12. The van der Waals surface area contributed by atoms with Crippen molar-refractivity contribution < 1.29 is 18.7 Å². The average Bonchev–Trinajstić information content (AvgIpc) is 3.50. The third kappa shape index (κ3) is 5.76. The van der Waals surface area contributed by atoms with Crippen LogP contribution in [0.3, 0.4) is 0 Å². The Balaban J connectivity index is 1.44. The Morgan fingerprint density at radius 1 is 1.06 bits per heavy atom. The molecule has 0 aliphatic carbocycles. The molecule has 33 heavy (non-hydrogen) atoms. The molecule has 8 nitrogen and oxygen atoms in total. The molecule has 0 atom stereocenters. The Hall–Kier alpha value is -4.59. The predicted octanol–water partition coefficient (Wildman–Crippen LogP) is 4.00. The van der Waals surface area contributed by atoms with E-state index in [0.717, 1.165) is 5.82 Å². The van der Waals surface area contributed by atoms with Gasteiger partial charge in [0.2, 0.25) is 0 Å². The SMILES string of the molecule is Cn1ccnc1COc1ccc(NC(=O)C(=Cc2ccco2)NC(=O)c2ccccc2)cc1. The van der Waals surface area contributed by atoms with Gasteiger partial charge in [0, 0.05) is 36.8 Å². The van der Waals surface area contributed by atoms with Crippen LogP contribution in [0.1, 0.15) is 21.9 Å². The van der Waals surface area contributed by atoms with Crippen molar-refractivity contribution in [2.45, 2.75) is 6.61 Å². The van der Waals surface area contributed by atoms with Gasteiger partial charge in [0.05, 0.1) is 6.26 Å². The van der Waals surface area contributed by atoms with Gasteiger partial charge < -0.3 is 24.4 Å². The summed E-state index contributed by atoms with van der Waals surface area (Å²) >= 11 is 0. The van der Waals surface area contributed by atoms with Crippen LogP contribution >= 0.6 is 0 Å². The molecule has 2 aromatic heterocycles. The number of aryl methyl sites for hydroxylation is 1. The van der Waals surface area contributed by atoms with Crippen LogP contribution < -0.4 is 15.4 Å². The largest absolute Gasteiger partial charge is 0.486 e. The fraction of sp³-hybridized carbons (Fsp3) is 0.0800. The number of amides is 2. The summed E-state index contributed by atoms with van der Waals surface area (Å²) in [5.41, 5.74) is 1.03. The van der Waals surface area contributed by atoms with Crippen LogP contribution in [0, 0.1) is 0 Å². The summed E-state index contributed by atoms with van der Waals surface area (Å²) < 4.78 is 12.9. The second-order valence-electron chi connectivity index (χ2n) is 7.12. The van der Waals surface area contributed by atoms with Crippen molar-refractivity contribution in [2.24, 2.45) is 7.05 Å². The number of anilines is 1. The van der Waals surface area contributed by atoms with Gasteiger partial charge in [0.1, 0.15) is 29.6 Å². The first-order valence-electron chi connectivity index (χ1n) is 10.2. The van der Waals surface area contributed by atoms with Crippen LogP contribution in [-0.2, 0) is 18.4 Å². The molecule has 0 spiro atoms. The highest BCUT2D eigenvalue weighted by Gasteiger charge is 2.15. The molecule has 2 aromatic carbocycles. The maximum absolute atomic E-state index is 12.9. The zero-order valence-electron chi connectivity index (χ0n) is 17.9. The van der Waals surface area contributed by atoms with Gasteiger partial charge in [-0.05, 0) is 48.5 Å². The Morgan fingerprint density at radius 3 is 2.52 bits per heavy atom. The van der Waals surface area contributed by atoms with Crippen molar-refractivity contribution >= 4 is 23.6 Å². The predicted molar refractivity (Wildman–Crippen MR) is 123 cm³/mol. The maximum Gasteiger partial charge on any atom is 0.272 e. The van der Waals surface area contributed by atoms with Gasteiger partial charge in [-0.1, -0.05) is 18.2 Å². The molecule has 0 saturated heterocycles. The number of rotatable bonds is 8. The van der Waals surface area contributed by atoms with Crippen molar-refractivity contribution in [3.05, 3.63) is 108 Å². The second kappa shape index (κ2) is 10.1. The minimum atomic E-state index is -0.489. The molecule has 4 aromatic rings. The quantitative estimate of drug-likeness (QED) is 0.402. The Kier molecular flexibility index (Phi) is 6.65. The lowest BCUT2D eigenvalue weighted by atomic mass is 10.2. The standard InChI is InChI=1S/C25H22N4O4/c1-29-14-13-26-23(29)17-33-20-11-9-19(10-12-20)27-25(31)22(16-21-8-5-15-32-21)28-24(30)18-6-3-2-4-7-18/h2-16H,17H2,1H3,(H,27,31)(H,28,30). The Bertz CT molecular complexity index is 1240. The van der Waals surface area contributed by atoms with E-state index in [1.165, 1.54) is 12.3 Å². The fourth-order valence-electron chi connectivity index (χ4n) is 2.97. The van der Waals surface area contributed by atoms with E-state index in [2.05, 4.69) is 15.6 Å². The van der Waals surface area contributed by atoms with Crippen LogP contribution in [0.15, 0.2) is 95.5 Å². The van der Waals surface area contributed by atoms with E-state index in [-0.39, 0.29) is 5.70 Å². The number of imidazole rings is 1. The molecule has 0 fully saturated rings. The summed E-state index contributed by atoms with van der Waals surface area (Å²) in [6, 6.07) is 19.0. The highest BCUT2D eigenvalue weighted by Crippen LogP contribution is 2.18. The molecule has 2 amide bonds. The van der Waals surface area contributed by atoms with E-state index in [1.54, 1.807) is 66.9 Å². The number of ether oxygens (including phenoxy) is 1. The summed E-state index contributed by atoms with van der Waals surface area (Å²) in [5.74, 6) is 0.986. The first-order chi connectivity index (χ1) is 16.1. The first-order valence-corrected chi connectivity index (χ1v) is 10.2. The molecule has 0 bridgehead atoms. The number of nitrogens with one attached hydrogen (secondary N) is 2. The topological polar surface area (TPSA) is 98.4 Å². The molecule has 0 unspecified atom stereocenters. The van der Waals surface area contributed by atoms with Gasteiger partial charge in [-0.25, -0.2) is 4.98 Å². The summed E-state index contributed by atoms with van der Waals surface area (Å²) in [7, 11) is 1.90. The van der Waals surface area contributed by atoms with Gasteiger partial charge in [-0.15, -0.1) is 0 Å². The molecular formula is C25H22N4O4. The molecule has 8 heteroatoms. The van der Waals surface area contributed by atoms with Gasteiger partial charge in [-0.2, -0.15) is 0 Å². The first kappa shape index (κ1) is 21.6. The summed E-state index contributed by atoms with van der Waals surface area (Å²) in [4.78, 5) is 29.7. The van der Waals surface area contributed by atoms with E-state index in [1.807, 2.05) is 23.9 Å². The molecule has 2 N–H and O–H groups in total. The molecule has 166 valence electrons. The highest BCUT2D eigenvalue weighted by atomic mass is 16.5. The summed E-state index contributed by atoms with van der Waals surface area (Å²) in [5, 5.41) is 5.44. The smallest absolute Gasteiger partial charge is 0.272 e. The number of furan rings is 1. The maximum atomic E-state index is 12.9. The molecule has 2 heterocycles. The normalized spacial score (nSPS) is 11.1. The number of carbonyl (C=O) groups is 2. The Morgan fingerprint density at radius 2 is 1.85 bits per heavy atom. The molecule has 0 aliphatic rings. The highest BCUT2D eigenvalue weighted by molar-refractivity contribution is 6.10. The number of nitrogens with zero attached hydrogens (tertiary/aromatic N) is 2. The van der Waals surface area contributed by atoms with Gasteiger partial charge in [0.25, 0.3) is 11.8 Å². The zero-order chi connectivity index (χ0) is 23.0. The van der Waals surface area contributed by atoms with Crippen molar-refractivity contribution in [1.82, 2.24) is 14.9 Å². The van der Waals surface area contributed by atoms with Crippen molar-refractivity contribution in [3.8, 4) is 5.75 Å².